The first kappa shape index (κ1) is 14.9. The SMILES string of the molecule is C#CCOc1ccc(Sc2ccc(OCC#C)cc2)cc1. The molecule has 0 fully saturated rings. The highest BCUT2D eigenvalue weighted by Crippen LogP contribution is 2.30. The lowest BCUT2D eigenvalue weighted by molar-refractivity contribution is 0.370. The summed E-state index contributed by atoms with van der Waals surface area (Å²) >= 11 is 1.66. The average molecular weight is 294 g/mol. The van der Waals surface area contributed by atoms with Crippen molar-refractivity contribution < 1.29 is 9.47 Å². The van der Waals surface area contributed by atoms with Crippen LogP contribution in [-0.2, 0) is 0 Å². The van der Waals surface area contributed by atoms with E-state index in [1.807, 2.05) is 48.5 Å². The molecule has 0 N–H and O–H groups in total. The van der Waals surface area contributed by atoms with Crippen molar-refractivity contribution in [2.24, 2.45) is 0 Å². The minimum Gasteiger partial charge on any atom is -0.481 e. The van der Waals surface area contributed by atoms with Gasteiger partial charge in [-0.2, -0.15) is 0 Å². The summed E-state index contributed by atoms with van der Waals surface area (Å²) in [7, 11) is 0. The second-order valence-electron chi connectivity index (χ2n) is 4.03. The molecule has 0 atom stereocenters. The van der Waals surface area contributed by atoms with Crippen molar-refractivity contribution in [2.45, 2.75) is 9.79 Å². The van der Waals surface area contributed by atoms with Crippen LogP contribution < -0.4 is 9.47 Å². The van der Waals surface area contributed by atoms with Gasteiger partial charge in [0.25, 0.3) is 0 Å². The van der Waals surface area contributed by atoms with Gasteiger partial charge in [0.05, 0.1) is 0 Å². The maximum absolute atomic E-state index is 5.34. The molecule has 0 bridgehead atoms. The Bertz CT molecular complexity index is 586. The lowest BCUT2D eigenvalue weighted by Gasteiger charge is -2.06. The number of terminal acetylenes is 2. The first-order chi connectivity index (χ1) is 10.3. The fourth-order valence-electron chi connectivity index (χ4n) is 1.59. The molecule has 0 amide bonds. The standard InChI is InChI=1S/C18H14O2S/c1-3-13-19-15-5-9-17(10-6-15)21-18-11-7-16(8-12-18)20-14-4-2/h1-2,5-12H,13-14H2. The smallest absolute Gasteiger partial charge is 0.148 e. The highest BCUT2D eigenvalue weighted by molar-refractivity contribution is 7.99. The Hall–Kier alpha value is -2.49. The topological polar surface area (TPSA) is 18.5 Å². The predicted molar refractivity (Wildman–Crippen MR) is 85.7 cm³/mol. The van der Waals surface area contributed by atoms with E-state index in [1.54, 1.807) is 11.8 Å². The van der Waals surface area contributed by atoms with E-state index < -0.39 is 0 Å². The van der Waals surface area contributed by atoms with E-state index in [0.29, 0.717) is 0 Å². The zero-order chi connectivity index (χ0) is 14.9. The lowest BCUT2D eigenvalue weighted by Crippen LogP contribution is -1.93. The number of rotatable bonds is 6. The van der Waals surface area contributed by atoms with Gasteiger partial charge in [0.1, 0.15) is 24.7 Å². The molecule has 3 heteroatoms. The molecule has 2 aromatic carbocycles. The van der Waals surface area contributed by atoms with Crippen molar-refractivity contribution in [3.8, 4) is 36.2 Å². The van der Waals surface area contributed by atoms with Gasteiger partial charge in [0.15, 0.2) is 0 Å². The molecule has 0 radical (unpaired) electrons. The molecule has 21 heavy (non-hydrogen) atoms. The van der Waals surface area contributed by atoms with E-state index in [-0.39, 0.29) is 13.2 Å². The number of hydrogen-bond donors (Lipinski definition) is 0. The zero-order valence-corrected chi connectivity index (χ0v) is 12.2. The van der Waals surface area contributed by atoms with Crippen LogP contribution in [0.5, 0.6) is 11.5 Å². The van der Waals surface area contributed by atoms with Gasteiger partial charge in [-0.1, -0.05) is 23.6 Å². The molecule has 0 aromatic heterocycles. The summed E-state index contributed by atoms with van der Waals surface area (Å²) in [5.74, 6) is 6.42. The molecule has 104 valence electrons. The van der Waals surface area contributed by atoms with E-state index in [2.05, 4.69) is 11.8 Å². The largest absolute Gasteiger partial charge is 0.481 e. The maximum atomic E-state index is 5.34. The van der Waals surface area contributed by atoms with Crippen LogP contribution >= 0.6 is 11.8 Å². The molecule has 2 nitrogen and oxygen atoms in total. The second kappa shape index (κ2) is 7.94. The van der Waals surface area contributed by atoms with E-state index in [4.69, 9.17) is 22.3 Å². The molecule has 0 aliphatic rings. The third kappa shape index (κ3) is 4.84. The Morgan fingerprint density at radius 1 is 0.714 bits per heavy atom. The molecule has 0 saturated carbocycles. The molecule has 0 aliphatic carbocycles. The fourth-order valence-corrected chi connectivity index (χ4v) is 2.41. The maximum Gasteiger partial charge on any atom is 0.148 e. The average Bonchev–Trinajstić information content (AvgIpc) is 2.53. The van der Waals surface area contributed by atoms with Crippen LogP contribution in [0.3, 0.4) is 0 Å². The Balaban J connectivity index is 1.95. The Kier molecular flexibility index (Phi) is 5.64. The second-order valence-corrected chi connectivity index (χ2v) is 5.18. The van der Waals surface area contributed by atoms with Crippen molar-refractivity contribution in [3.63, 3.8) is 0 Å². The predicted octanol–water partition coefficient (Wildman–Crippen LogP) is 3.86. The number of hydrogen-bond acceptors (Lipinski definition) is 3. The van der Waals surface area contributed by atoms with Gasteiger partial charge < -0.3 is 9.47 Å². The van der Waals surface area contributed by atoms with Gasteiger partial charge in [0.2, 0.25) is 0 Å². The van der Waals surface area contributed by atoms with Crippen LogP contribution in [0, 0.1) is 24.7 Å². The van der Waals surface area contributed by atoms with E-state index >= 15 is 0 Å². The van der Waals surface area contributed by atoms with Gasteiger partial charge in [0, 0.05) is 9.79 Å². The van der Waals surface area contributed by atoms with Crippen LogP contribution in [0.2, 0.25) is 0 Å². The van der Waals surface area contributed by atoms with Gasteiger partial charge in [-0.3, -0.25) is 0 Å². The Labute approximate surface area is 129 Å². The highest BCUT2D eigenvalue weighted by atomic mass is 32.2. The summed E-state index contributed by atoms with van der Waals surface area (Å²) in [5.41, 5.74) is 0. The van der Waals surface area contributed by atoms with Crippen LogP contribution in [-0.4, -0.2) is 13.2 Å². The number of ether oxygens (including phenoxy) is 2. The Morgan fingerprint density at radius 3 is 1.43 bits per heavy atom. The molecular formula is C18H14O2S. The Morgan fingerprint density at radius 2 is 1.10 bits per heavy atom. The summed E-state index contributed by atoms with van der Waals surface area (Å²) < 4.78 is 10.7. The van der Waals surface area contributed by atoms with Crippen molar-refractivity contribution in [3.05, 3.63) is 48.5 Å². The van der Waals surface area contributed by atoms with E-state index in [1.165, 1.54) is 0 Å². The molecule has 0 saturated heterocycles. The highest BCUT2D eigenvalue weighted by Gasteiger charge is 2.00. The van der Waals surface area contributed by atoms with E-state index in [0.717, 1.165) is 21.3 Å². The summed E-state index contributed by atoms with van der Waals surface area (Å²) in [6.45, 7) is 0.567. The summed E-state index contributed by atoms with van der Waals surface area (Å²) in [6.07, 6.45) is 10.3. The summed E-state index contributed by atoms with van der Waals surface area (Å²) in [5, 5.41) is 0. The van der Waals surface area contributed by atoms with E-state index in [9.17, 15) is 0 Å². The fraction of sp³-hybridized carbons (Fsp3) is 0.111. The zero-order valence-electron chi connectivity index (χ0n) is 11.4. The minimum atomic E-state index is 0.283. The first-order valence-corrected chi connectivity index (χ1v) is 7.14. The molecule has 2 aromatic rings. The van der Waals surface area contributed by atoms with Gasteiger partial charge in [-0.05, 0) is 48.5 Å². The molecular weight excluding hydrogens is 280 g/mol. The van der Waals surface area contributed by atoms with Crippen molar-refractivity contribution in [1.29, 1.82) is 0 Å². The van der Waals surface area contributed by atoms with Crippen molar-refractivity contribution in [1.82, 2.24) is 0 Å². The van der Waals surface area contributed by atoms with Gasteiger partial charge in [-0.15, -0.1) is 12.8 Å². The first-order valence-electron chi connectivity index (χ1n) is 6.32. The third-order valence-corrected chi connectivity index (χ3v) is 3.54. The molecule has 0 spiro atoms. The molecule has 0 unspecified atom stereocenters. The molecule has 0 aliphatic heterocycles. The van der Waals surface area contributed by atoms with Gasteiger partial charge >= 0.3 is 0 Å². The van der Waals surface area contributed by atoms with Crippen LogP contribution in [0.1, 0.15) is 0 Å². The van der Waals surface area contributed by atoms with Crippen molar-refractivity contribution in [2.75, 3.05) is 13.2 Å². The van der Waals surface area contributed by atoms with Crippen molar-refractivity contribution >= 4 is 11.8 Å². The summed E-state index contributed by atoms with van der Waals surface area (Å²) in [6, 6.07) is 15.6. The number of benzene rings is 2. The lowest BCUT2D eigenvalue weighted by atomic mass is 10.3. The third-order valence-electron chi connectivity index (χ3n) is 2.53. The monoisotopic (exact) mass is 294 g/mol. The van der Waals surface area contributed by atoms with Gasteiger partial charge in [-0.25, -0.2) is 0 Å². The molecule has 0 heterocycles. The molecule has 2 rings (SSSR count). The quantitative estimate of drug-likeness (QED) is 0.754. The normalized spacial score (nSPS) is 9.43. The van der Waals surface area contributed by atoms with Crippen LogP contribution in [0.25, 0.3) is 0 Å². The van der Waals surface area contributed by atoms with Crippen LogP contribution in [0.15, 0.2) is 58.3 Å². The summed E-state index contributed by atoms with van der Waals surface area (Å²) in [4.78, 5) is 2.25. The minimum absolute atomic E-state index is 0.283. The van der Waals surface area contributed by atoms with Crippen LogP contribution in [0.4, 0.5) is 0 Å².